The lowest BCUT2D eigenvalue weighted by Gasteiger charge is -2.22. The summed E-state index contributed by atoms with van der Waals surface area (Å²) in [5.74, 6) is 0.959. The van der Waals surface area contributed by atoms with Gasteiger partial charge in [0.05, 0.1) is 18.9 Å². The van der Waals surface area contributed by atoms with Crippen molar-refractivity contribution in [2.45, 2.75) is 31.7 Å². The van der Waals surface area contributed by atoms with Gasteiger partial charge >= 0.3 is 0 Å². The lowest BCUT2D eigenvalue weighted by molar-refractivity contribution is -0.132. The molecular weight excluding hydrogens is 206 g/mol. The van der Waals surface area contributed by atoms with Crippen molar-refractivity contribution in [1.29, 1.82) is 0 Å². The van der Waals surface area contributed by atoms with Crippen molar-refractivity contribution in [3.63, 3.8) is 0 Å². The van der Waals surface area contributed by atoms with E-state index in [4.69, 9.17) is 9.52 Å². The number of aliphatic hydroxyl groups excluding tert-OH is 1. The molecule has 4 heteroatoms. The Balaban J connectivity index is 1.83. The summed E-state index contributed by atoms with van der Waals surface area (Å²) < 4.78 is 5.18. The third kappa shape index (κ3) is 2.44. The molecule has 4 nitrogen and oxygen atoms in total. The maximum Gasteiger partial charge on any atom is 0.223 e. The molecule has 0 aromatic carbocycles. The molecule has 1 amide bonds. The zero-order valence-electron chi connectivity index (χ0n) is 9.26. The Morgan fingerprint density at radius 3 is 3.19 bits per heavy atom. The second-order valence-corrected chi connectivity index (χ2v) is 4.15. The molecule has 1 fully saturated rings. The van der Waals surface area contributed by atoms with Crippen LogP contribution in [0.2, 0.25) is 0 Å². The molecule has 2 heterocycles. The molecule has 0 spiro atoms. The molecule has 1 saturated heterocycles. The van der Waals surface area contributed by atoms with Crippen molar-refractivity contribution < 1.29 is 14.3 Å². The van der Waals surface area contributed by atoms with E-state index < -0.39 is 0 Å². The Labute approximate surface area is 94.9 Å². The van der Waals surface area contributed by atoms with Crippen molar-refractivity contribution in [3.05, 3.63) is 24.2 Å². The minimum absolute atomic E-state index is 0.0316. The van der Waals surface area contributed by atoms with Crippen LogP contribution in [-0.2, 0) is 11.2 Å². The van der Waals surface area contributed by atoms with E-state index in [9.17, 15) is 4.79 Å². The molecule has 0 saturated carbocycles. The Bertz CT molecular complexity index is 334. The third-order valence-electron chi connectivity index (χ3n) is 3.07. The summed E-state index contributed by atoms with van der Waals surface area (Å²) in [6.45, 7) is 0.856. The lowest BCUT2D eigenvalue weighted by Crippen LogP contribution is -2.37. The number of rotatable bonds is 4. The fourth-order valence-corrected chi connectivity index (χ4v) is 2.18. The van der Waals surface area contributed by atoms with Gasteiger partial charge in [0.25, 0.3) is 0 Å². The molecular formula is C12H17NO3. The van der Waals surface area contributed by atoms with E-state index in [1.807, 2.05) is 12.1 Å². The van der Waals surface area contributed by atoms with Gasteiger partial charge in [-0.2, -0.15) is 0 Å². The van der Waals surface area contributed by atoms with E-state index in [-0.39, 0.29) is 18.6 Å². The fourth-order valence-electron chi connectivity index (χ4n) is 2.18. The Kier molecular flexibility index (Phi) is 3.62. The maximum atomic E-state index is 11.9. The second-order valence-electron chi connectivity index (χ2n) is 4.15. The van der Waals surface area contributed by atoms with E-state index in [2.05, 4.69) is 0 Å². The van der Waals surface area contributed by atoms with Gasteiger partial charge in [0.1, 0.15) is 5.76 Å². The highest BCUT2D eigenvalue weighted by Crippen LogP contribution is 2.18. The highest BCUT2D eigenvalue weighted by atomic mass is 16.3. The summed E-state index contributed by atoms with van der Waals surface area (Å²) in [7, 11) is 0. The zero-order chi connectivity index (χ0) is 11.4. The molecule has 1 aromatic heterocycles. The van der Waals surface area contributed by atoms with E-state index in [0.29, 0.717) is 12.8 Å². The molecule has 0 radical (unpaired) electrons. The topological polar surface area (TPSA) is 53.7 Å². The van der Waals surface area contributed by atoms with Crippen LogP contribution < -0.4 is 0 Å². The predicted molar refractivity (Wildman–Crippen MR) is 58.8 cm³/mol. The predicted octanol–water partition coefficient (Wildman–Crippen LogP) is 1.20. The maximum absolute atomic E-state index is 11.9. The van der Waals surface area contributed by atoms with Gasteiger partial charge in [0.15, 0.2) is 0 Å². The molecule has 1 atom stereocenters. The highest BCUT2D eigenvalue weighted by Gasteiger charge is 2.27. The number of nitrogens with zero attached hydrogens (tertiary/aromatic N) is 1. The number of furan rings is 1. The van der Waals surface area contributed by atoms with E-state index in [1.165, 1.54) is 0 Å². The summed E-state index contributed by atoms with van der Waals surface area (Å²) in [6, 6.07) is 3.73. The van der Waals surface area contributed by atoms with Crippen molar-refractivity contribution in [3.8, 4) is 0 Å². The van der Waals surface area contributed by atoms with Crippen molar-refractivity contribution in [1.82, 2.24) is 4.90 Å². The van der Waals surface area contributed by atoms with Gasteiger partial charge in [-0.3, -0.25) is 4.79 Å². The van der Waals surface area contributed by atoms with E-state index in [0.717, 1.165) is 25.1 Å². The number of carbonyl (C=O) groups is 1. The smallest absolute Gasteiger partial charge is 0.223 e. The van der Waals surface area contributed by atoms with Gasteiger partial charge < -0.3 is 14.4 Å². The SMILES string of the molecule is O=C(CCc1ccco1)N1CCCC1CO. The summed E-state index contributed by atoms with van der Waals surface area (Å²) in [6.07, 6.45) is 4.64. The van der Waals surface area contributed by atoms with Crippen LogP contribution in [0.5, 0.6) is 0 Å². The van der Waals surface area contributed by atoms with E-state index >= 15 is 0 Å². The summed E-state index contributed by atoms with van der Waals surface area (Å²) in [5.41, 5.74) is 0. The van der Waals surface area contributed by atoms with Crippen LogP contribution in [0.15, 0.2) is 22.8 Å². The van der Waals surface area contributed by atoms with Crippen molar-refractivity contribution in [2.24, 2.45) is 0 Å². The largest absolute Gasteiger partial charge is 0.469 e. The number of aryl methyl sites for hydroxylation is 1. The van der Waals surface area contributed by atoms with Crippen molar-refractivity contribution >= 4 is 5.91 Å². The molecule has 1 aromatic rings. The van der Waals surface area contributed by atoms with Crippen LogP contribution >= 0.6 is 0 Å². The molecule has 0 bridgehead atoms. The molecule has 1 unspecified atom stereocenters. The van der Waals surface area contributed by atoms with Crippen LogP contribution in [-0.4, -0.2) is 35.1 Å². The number of hydrogen-bond acceptors (Lipinski definition) is 3. The third-order valence-corrected chi connectivity index (χ3v) is 3.07. The second kappa shape index (κ2) is 5.16. The number of hydrogen-bond donors (Lipinski definition) is 1. The average molecular weight is 223 g/mol. The molecule has 88 valence electrons. The van der Waals surface area contributed by atoms with Crippen LogP contribution in [0.1, 0.15) is 25.0 Å². The summed E-state index contributed by atoms with van der Waals surface area (Å²) in [5, 5.41) is 9.13. The number of carbonyl (C=O) groups excluding carboxylic acids is 1. The number of aliphatic hydroxyl groups is 1. The molecule has 0 aliphatic carbocycles. The van der Waals surface area contributed by atoms with Crippen LogP contribution in [0.4, 0.5) is 0 Å². The number of likely N-dealkylation sites (tertiary alicyclic amines) is 1. The monoisotopic (exact) mass is 223 g/mol. The molecule has 1 aliphatic heterocycles. The first-order valence-corrected chi connectivity index (χ1v) is 5.74. The summed E-state index contributed by atoms with van der Waals surface area (Å²) >= 11 is 0. The first kappa shape index (κ1) is 11.2. The normalized spacial score (nSPS) is 20.3. The first-order valence-electron chi connectivity index (χ1n) is 5.74. The summed E-state index contributed by atoms with van der Waals surface area (Å²) in [4.78, 5) is 13.7. The zero-order valence-corrected chi connectivity index (χ0v) is 9.26. The Morgan fingerprint density at radius 1 is 1.62 bits per heavy atom. The van der Waals surface area contributed by atoms with E-state index in [1.54, 1.807) is 11.2 Å². The van der Waals surface area contributed by atoms with Gasteiger partial charge in [-0.05, 0) is 25.0 Å². The Hall–Kier alpha value is -1.29. The van der Waals surface area contributed by atoms with Gasteiger partial charge in [0, 0.05) is 19.4 Å². The molecule has 1 N–H and O–H groups in total. The quantitative estimate of drug-likeness (QED) is 0.834. The van der Waals surface area contributed by atoms with Crippen LogP contribution in [0.3, 0.4) is 0 Å². The van der Waals surface area contributed by atoms with Gasteiger partial charge in [-0.25, -0.2) is 0 Å². The highest BCUT2D eigenvalue weighted by molar-refractivity contribution is 5.77. The Morgan fingerprint density at radius 2 is 2.50 bits per heavy atom. The lowest BCUT2D eigenvalue weighted by atomic mass is 10.2. The van der Waals surface area contributed by atoms with Gasteiger partial charge in [0.2, 0.25) is 5.91 Å². The minimum Gasteiger partial charge on any atom is -0.469 e. The molecule has 1 aliphatic rings. The standard InChI is InChI=1S/C12H17NO3/c14-9-10-3-1-7-13(10)12(15)6-5-11-4-2-8-16-11/h2,4,8,10,14H,1,3,5-7,9H2. The fraction of sp³-hybridized carbons (Fsp3) is 0.583. The molecule has 2 rings (SSSR count). The first-order chi connectivity index (χ1) is 7.81. The van der Waals surface area contributed by atoms with Crippen molar-refractivity contribution in [2.75, 3.05) is 13.2 Å². The average Bonchev–Trinajstić information content (AvgIpc) is 2.96. The molecule has 16 heavy (non-hydrogen) atoms. The number of amides is 1. The van der Waals surface area contributed by atoms with Crippen LogP contribution in [0.25, 0.3) is 0 Å². The minimum atomic E-state index is 0.0316. The van der Waals surface area contributed by atoms with Crippen LogP contribution in [0, 0.1) is 0 Å². The van der Waals surface area contributed by atoms with Gasteiger partial charge in [-0.15, -0.1) is 0 Å². The van der Waals surface area contributed by atoms with Gasteiger partial charge in [-0.1, -0.05) is 0 Å².